The van der Waals surface area contributed by atoms with Crippen molar-refractivity contribution in [3.8, 4) is 5.75 Å². The van der Waals surface area contributed by atoms with Crippen LogP contribution in [0.4, 0.5) is 5.69 Å². The van der Waals surface area contributed by atoms with Gasteiger partial charge in [-0.25, -0.2) is 0 Å². The summed E-state index contributed by atoms with van der Waals surface area (Å²) in [6.07, 6.45) is 0.910. The minimum absolute atomic E-state index is 0.0274. The Labute approximate surface area is 100 Å². The highest BCUT2D eigenvalue weighted by Crippen LogP contribution is 2.23. The van der Waals surface area contributed by atoms with Crippen LogP contribution >= 0.6 is 0 Å². The van der Waals surface area contributed by atoms with Gasteiger partial charge in [0.1, 0.15) is 0 Å². The summed E-state index contributed by atoms with van der Waals surface area (Å²) < 4.78 is 26.8. The quantitative estimate of drug-likeness (QED) is 0.622. The van der Waals surface area contributed by atoms with E-state index in [0.29, 0.717) is 5.69 Å². The topological polar surface area (TPSA) is 89.7 Å². The molecule has 0 aliphatic carbocycles. The smallest absolute Gasteiger partial charge is 0.306 e. The summed E-state index contributed by atoms with van der Waals surface area (Å²) in [5.74, 6) is -0.406. The van der Waals surface area contributed by atoms with Crippen molar-refractivity contribution in [3.63, 3.8) is 0 Å². The molecule has 0 spiro atoms. The minimum Gasteiger partial charge on any atom is -0.399 e. The molecule has 0 fully saturated rings. The number of nitrogens with two attached hydrogens (primary N) is 1. The molecular weight excluding hydrogens is 244 g/mol. The first-order chi connectivity index (χ1) is 7.70. The molecule has 0 radical (unpaired) electrons. The number of carbonyl (C=O) groups excluding carboxylic acids is 1. The van der Waals surface area contributed by atoms with Crippen molar-refractivity contribution in [2.75, 3.05) is 26.1 Å². The fraction of sp³-hybridized carbons (Fsp3) is 0.300. The zero-order valence-electron chi connectivity index (χ0n) is 9.80. The van der Waals surface area contributed by atoms with E-state index in [0.717, 1.165) is 6.26 Å². The number of benzene rings is 1. The molecule has 2 N–H and O–H groups in total. The highest BCUT2D eigenvalue weighted by atomic mass is 32.2. The maximum Gasteiger partial charge on any atom is 0.306 e. The molecule has 0 saturated heterocycles. The SMILES string of the molecule is CN(C)C(=O)c1cc(N)ccc1OS(C)(=O)=O. The number of rotatable bonds is 3. The number of nitrogen functional groups attached to an aromatic ring is 1. The van der Waals surface area contributed by atoms with E-state index in [2.05, 4.69) is 0 Å². The number of nitrogens with zero attached hydrogens (tertiary/aromatic N) is 1. The molecule has 1 amide bonds. The number of hydrogen-bond donors (Lipinski definition) is 1. The molecule has 0 aliphatic rings. The highest BCUT2D eigenvalue weighted by Gasteiger charge is 2.17. The second-order valence-corrected chi connectivity index (χ2v) is 5.32. The van der Waals surface area contributed by atoms with Crippen molar-refractivity contribution in [1.29, 1.82) is 0 Å². The van der Waals surface area contributed by atoms with Crippen molar-refractivity contribution in [1.82, 2.24) is 4.90 Å². The Hall–Kier alpha value is -1.76. The summed E-state index contributed by atoms with van der Waals surface area (Å²) in [5, 5.41) is 0. The zero-order chi connectivity index (χ0) is 13.2. The Balaban J connectivity index is 3.26. The molecule has 0 saturated carbocycles. The Morgan fingerprint density at radius 1 is 1.35 bits per heavy atom. The molecule has 7 heteroatoms. The molecule has 1 rings (SSSR count). The van der Waals surface area contributed by atoms with E-state index in [4.69, 9.17) is 9.92 Å². The van der Waals surface area contributed by atoms with Gasteiger partial charge in [-0.1, -0.05) is 0 Å². The lowest BCUT2D eigenvalue weighted by molar-refractivity contribution is 0.0826. The Morgan fingerprint density at radius 2 is 1.94 bits per heavy atom. The van der Waals surface area contributed by atoms with E-state index in [9.17, 15) is 13.2 Å². The predicted molar refractivity (Wildman–Crippen MR) is 64.3 cm³/mol. The molecule has 0 heterocycles. The van der Waals surface area contributed by atoms with Gasteiger partial charge in [0, 0.05) is 19.8 Å². The van der Waals surface area contributed by atoms with Gasteiger partial charge >= 0.3 is 10.1 Å². The highest BCUT2D eigenvalue weighted by molar-refractivity contribution is 7.86. The third-order valence-corrected chi connectivity index (χ3v) is 2.36. The van der Waals surface area contributed by atoms with Crippen LogP contribution < -0.4 is 9.92 Å². The van der Waals surface area contributed by atoms with Gasteiger partial charge in [-0.05, 0) is 18.2 Å². The van der Waals surface area contributed by atoms with Crippen LogP contribution in [0.1, 0.15) is 10.4 Å². The van der Waals surface area contributed by atoms with Crippen LogP contribution in [0.3, 0.4) is 0 Å². The van der Waals surface area contributed by atoms with E-state index >= 15 is 0 Å². The lowest BCUT2D eigenvalue weighted by Crippen LogP contribution is -2.23. The van der Waals surface area contributed by atoms with E-state index in [1.165, 1.54) is 23.1 Å². The maximum atomic E-state index is 11.8. The van der Waals surface area contributed by atoms with Gasteiger partial charge in [-0.3, -0.25) is 4.79 Å². The predicted octanol–water partition coefficient (Wildman–Crippen LogP) is 0.309. The molecule has 17 heavy (non-hydrogen) atoms. The van der Waals surface area contributed by atoms with Crippen molar-refractivity contribution in [3.05, 3.63) is 23.8 Å². The summed E-state index contributed by atoms with van der Waals surface area (Å²) >= 11 is 0. The van der Waals surface area contributed by atoms with Crippen LogP contribution in [0.15, 0.2) is 18.2 Å². The molecule has 0 atom stereocenters. The number of anilines is 1. The maximum absolute atomic E-state index is 11.8. The van der Waals surface area contributed by atoms with Crippen LogP contribution in [0, 0.1) is 0 Å². The van der Waals surface area contributed by atoms with Crippen LogP contribution in [-0.2, 0) is 10.1 Å². The Kier molecular flexibility index (Phi) is 3.62. The summed E-state index contributed by atoms with van der Waals surface area (Å²) in [6.45, 7) is 0. The van der Waals surface area contributed by atoms with Gasteiger partial charge in [-0.2, -0.15) is 8.42 Å². The fourth-order valence-corrected chi connectivity index (χ4v) is 1.66. The minimum atomic E-state index is -3.68. The van der Waals surface area contributed by atoms with Crippen LogP contribution in [0.25, 0.3) is 0 Å². The standard InChI is InChI=1S/C10H14N2O4S/c1-12(2)10(13)8-6-7(11)4-5-9(8)16-17(3,14)15/h4-6H,11H2,1-3H3. The van der Waals surface area contributed by atoms with Crippen molar-refractivity contribution < 1.29 is 17.4 Å². The fourth-order valence-electron chi connectivity index (χ4n) is 1.19. The molecule has 0 bridgehead atoms. The van der Waals surface area contributed by atoms with E-state index in [-0.39, 0.29) is 17.2 Å². The van der Waals surface area contributed by atoms with E-state index in [1.54, 1.807) is 14.1 Å². The van der Waals surface area contributed by atoms with E-state index in [1.807, 2.05) is 0 Å². The first kappa shape index (κ1) is 13.3. The van der Waals surface area contributed by atoms with Crippen LogP contribution in [0.5, 0.6) is 5.75 Å². The molecule has 94 valence electrons. The average molecular weight is 258 g/mol. The van der Waals surface area contributed by atoms with Gasteiger partial charge in [0.15, 0.2) is 5.75 Å². The van der Waals surface area contributed by atoms with Gasteiger partial charge in [0.05, 0.1) is 11.8 Å². The zero-order valence-corrected chi connectivity index (χ0v) is 10.6. The molecule has 0 unspecified atom stereocenters. The number of amides is 1. The van der Waals surface area contributed by atoms with Crippen LogP contribution in [0.2, 0.25) is 0 Å². The molecule has 6 nitrogen and oxygen atoms in total. The van der Waals surface area contributed by atoms with Gasteiger partial charge in [-0.15, -0.1) is 0 Å². The van der Waals surface area contributed by atoms with Crippen molar-refractivity contribution in [2.45, 2.75) is 0 Å². The first-order valence-electron chi connectivity index (χ1n) is 4.71. The van der Waals surface area contributed by atoms with Gasteiger partial charge in [0.25, 0.3) is 5.91 Å². The first-order valence-corrected chi connectivity index (χ1v) is 6.53. The average Bonchev–Trinajstić information content (AvgIpc) is 2.17. The normalized spacial score (nSPS) is 11.0. The lowest BCUT2D eigenvalue weighted by Gasteiger charge is -2.14. The summed E-state index contributed by atoms with van der Waals surface area (Å²) in [7, 11) is -0.581. The second kappa shape index (κ2) is 4.62. The van der Waals surface area contributed by atoms with Crippen LogP contribution in [-0.4, -0.2) is 39.6 Å². The summed E-state index contributed by atoms with van der Waals surface area (Å²) in [5.41, 5.74) is 6.02. The summed E-state index contributed by atoms with van der Waals surface area (Å²) in [6, 6.07) is 4.20. The van der Waals surface area contributed by atoms with Crippen molar-refractivity contribution >= 4 is 21.7 Å². The molecule has 1 aromatic rings. The van der Waals surface area contributed by atoms with Crippen molar-refractivity contribution in [2.24, 2.45) is 0 Å². The van der Waals surface area contributed by atoms with E-state index < -0.39 is 10.1 Å². The second-order valence-electron chi connectivity index (χ2n) is 3.74. The molecule has 0 aliphatic heterocycles. The number of carbonyl (C=O) groups is 1. The Bertz CT molecular complexity index is 537. The third-order valence-electron chi connectivity index (χ3n) is 1.88. The lowest BCUT2D eigenvalue weighted by atomic mass is 10.1. The largest absolute Gasteiger partial charge is 0.399 e. The van der Waals surface area contributed by atoms with Gasteiger partial charge in [0.2, 0.25) is 0 Å². The molecule has 0 aromatic heterocycles. The monoisotopic (exact) mass is 258 g/mol. The molecular formula is C10H14N2O4S. The van der Waals surface area contributed by atoms with Gasteiger partial charge < -0.3 is 14.8 Å². The third kappa shape index (κ3) is 3.63. The molecule has 1 aromatic carbocycles. The Morgan fingerprint density at radius 3 is 2.41 bits per heavy atom. The number of hydrogen-bond acceptors (Lipinski definition) is 5. The summed E-state index contributed by atoms with van der Waals surface area (Å²) in [4.78, 5) is 13.1.